The van der Waals surface area contributed by atoms with Gasteiger partial charge in [-0.2, -0.15) is 0 Å². The highest BCUT2D eigenvalue weighted by Gasteiger charge is 2.30. The Morgan fingerprint density at radius 1 is 0.456 bits per heavy atom. The molecule has 0 aliphatic heterocycles. The molecular weight excluding hydrogens is 1000 g/mol. The number of nitrogens with one attached hydrogen (secondary N) is 1. The Morgan fingerprint density at radius 2 is 0.810 bits per heavy atom. The number of hydrogen-bond acceptors (Lipinski definition) is 6. The maximum atomic E-state index is 13.5. The van der Waals surface area contributed by atoms with E-state index in [2.05, 4.69) is 160 Å². The van der Waals surface area contributed by atoms with Crippen LogP contribution in [0.1, 0.15) is 226 Å². The largest absolute Gasteiger partial charge is 0.472 e. The van der Waals surface area contributed by atoms with Gasteiger partial charge in [-0.3, -0.25) is 18.6 Å². The summed E-state index contributed by atoms with van der Waals surface area (Å²) in [6.45, 7) is 6.71. The van der Waals surface area contributed by atoms with Gasteiger partial charge in [-0.05, 0) is 128 Å². The van der Waals surface area contributed by atoms with Gasteiger partial charge < -0.3 is 19.4 Å². The lowest BCUT2D eigenvalue weighted by molar-refractivity contribution is -0.870. The summed E-state index contributed by atoms with van der Waals surface area (Å²) in [5.41, 5.74) is 0. The Morgan fingerprint density at radius 3 is 1.23 bits per heavy atom. The van der Waals surface area contributed by atoms with E-state index in [0.717, 1.165) is 122 Å². The molecule has 0 bridgehead atoms. The van der Waals surface area contributed by atoms with E-state index in [1.54, 1.807) is 0 Å². The molecule has 0 saturated carbocycles. The van der Waals surface area contributed by atoms with Crippen LogP contribution in [0.3, 0.4) is 0 Å². The summed E-state index contributed by atoms with van der Waals surface area (Å²) in [5.74, 6) is -0.605. The van der Waals surface area contributed by atoms with Gasteiger partial charge in [-0.25, -0.2) is 4.57 Å². The molecule has 9 nitrogen and oxygen atoms in total. The molecule has 0 aromatic heterocycles. The molecule has 0 heterocycles. The highest BCUT2D eigenvalue weighted by Crippen LogP contribution is 2.43. The van der Waals surface area contributed by atoms with Gasteiger partial charge in [0, 0.05) is 12.8 Å². The molecule has 448 valence electrons. The molecule has 0 rings (SSSR count). The molecule has 2 N–H and O–H groups in total. The smallest absolute Gasteiger partial charge is 0.456 e. The predicted octanol–water partition coefficient (Wildman–Crippen LogP) is 19.4. The van der Waals surface area contributed by atoms with E-state index in [1.165, 1.54) is 57.8 Å². The standard InChI is InChI=1S/C69H115N2O7P/c1-7-10-13-16-19-22-25-28-30-32-34-35-37-39-41-44-47-50-53-56-59-62-69(73)78-67(60-57-54-51-48-45-42-27-24-21-18-15-12-9-3)66(65-77-79(74,75)76-64-63-71(4,5)6)70-68(72)61-58-55-52-49-46-43-40-38-36-33-31-29-26-23-20-17-14-11-8-2/h10-11,13-14,19-20,22-23,28-31,34-36,38-39,41,43,46-47,50,57,60,66-67H,7-9,12,15-18,21,24-27,32-33,37,40,42,44-45,48-49,51-56,58-59,61-65H2,1-6H3,(H-,70,72,74,75)/p+1/b13-10-,14-11-,22-19-,23-20-,30-28-,31-29-,35-34-,38-36-,41-39-,46-43-,50-47-,60-57+. The van der Waals surface area contributed by atoms with Gasteiger partial charge in [-0.1, -0.05) is 231 Å². The van der Waals surface area contributed by atoms with Crippen molar-refractivity contribution in [3.63, 3.8) is 0 Å². The molecule has 0 aliphatic carbocycles. The predicted molar refractivity (Wildman–Crippen MR) is 341 cm³/mol. The van der Waals surface area contributed by atoms with Crippen molar-refractivity contribution in [2.45, 2.75) is 238 Å². The summed E-state index contributed by atoms with van der Waals surface area (Å²) in [4.78, 5) is 37.7. The van der Waals surface area contributed by atoms with Crippen LogP contribution in [-0.2, 0) is 27.9 Å². The lowest BCUT2D eigenvalue weighted by Crippen LogP contribution is -2.47. The first-order valence-electron chi connectivity index (χ1n) is 31.2. The zero-order chi connectivity index (χ0) is 57.9. The van der Waals surface area contributed by atoms with Crippen molar-refractivity contribution in [3.05, 3.63) is 146 Å². The molecule has 0 saturated heterocycles. The number of ether oxygens (including phenoxy) is 1. The van der Waals surface area contributed by atoms with E-state index >= 15 is 0 Å². The van der Waals surface area contributed by atoms with Crippen molar-refractivity contribution in [1.82, 2.24) is 5.32 Å². The van der Waals surface area contributed by atoms with Crippen LogP contribution in [0.15, 0.2) is 146 Å². The summed E-state index contributed by atoms with van der Waals surface area (Å²) >= 11 is 0. The molecule has 3 atom stereocenters. The highest BCUT2D eigenvalue weighted by molar-refractivity contribution is 7.47. The minimum absolute atomic E-state index is 0.0176. The van der Waals surface area contributed by atoms with E-state index in [4.69, 9.17) is 13.8 Å². The lowest BCUT2D eigenvalue weighted by Gasteiger charge is -2.27. The first-order valence-corrected chi connectivity index (χ1v) is 32.7. The summed E-state index contributed by atoms with van der Waals surface area (Å²) in [5, 5.41) is 3.02. The van der Waals surface area contributed by atoms with E-state index < -0.39 is 20.0 Å². The fraction of sp³-hybridized carbons (Fsp3) is 0.623. The summed E-state index contributed by atoms with van der Waals surface area (Å²) in [7, 11) is 1.42. The Bertz CT molecular complexity index is 1860. The lowest BCUT2D eigenvalue weighted by atomic mass is 10.0. The van der Waals surface area contributed by atoms with Crippen LogP contribution >= 0.6 is 7.82 Å². The van der Waals surface area contributed by atoms with Gasteiger partial charge in [0.2, 0.25) is 5.91 Å². The van der Waals surface area contributed by atoms with Crippen LogP contribution in [0.2, 0.25) is 0 Å². The van der Waals surface area contributed by atoms with Gasteiger partial charge in [0.15, 0.2) is 0 Å². The number of quaternary nitrogens is 1. The molecule has 0 aliphatic rings. The normalized spacial score (nSPS) is 14.7. The number of carbonyl (C=O) groups is 2. The SMILES string of the molecule is CC/C=C\C/C=C\C/C=C\C/C=C\C/C=C\C/C=C\CCCCC(=O)OC(/C=C/CCCCCCCCCCCCC)C(COP(=O)(O)OCC[N+](C)(C)C)NC(=O)CCCCC/C=C\C/C=C\C/C=C\C/C=C\C/C=C\CC. The Hall–Kier alpha value is -4.11. The second-order valence-corrected chi connectivity index (χ2v) is 22.9. The fourth-order valence-corrected chi connectivity index (χ4v) is 8.76. The fourth-order valence-electron chi connectivity index (χ4n) is 8.03. The second-order valence-electron chi connectivity index (χ2n) is 21.5. The second kappa shape index (κ2) is 57.1. The third-order valence-electron chi connectivity index (χ3n) is 12.8. The topological polar surface area (TPSA) is 111 Å². The molecule has 10 heteroatoms. The van der Waals surface area contributed by atoms with E-state index in [-0.39, 0.29) is 37.9 Å². The molecule has 1 amide bonds. The van der Waals surface area contributed by atoms with E-state index in [9.17, 15) is 19.0 Å². The van der Waals surface area contributed by atoms with Gasteiger partial charge in [0.05, 0.1) is 33.8 Å². The number of esters is 1. The number of rotatable bonds is 54. The van der Waals surface area contributed by atoms with Crippen molar-refractivity contribution in [2.24, 2.45) is 0 Å². The maximum absolute atomic E-state index is 13.5. The summed E-state index contributed by atoms with van der Waals surface area (Å²) < 4.78 is 30.6. The number of allylic oxidation sites excluding steroid dienone is 23. The average molecular weight is 1120 g/mol. The number of likely N-dealkylation sites (N-methyl/N-ethyl adjacent to an activating group) is 1. The van der Waals surface area contributed by atoms with Crippen LogP contribution in [0.25, 0.3) is 0 Å². The molecule has 0 radical (unpaired) electrons. The van der Waals surface area contributed by atoms with Gasteiger partial charge in [0.25, 0.3) is 0 Å². The summed E-state index contributed by atoms with van der Waals surface area (Å²) in [6, 6.07) is -0.896. The van der Waals surface area contributed by atoms with Crippen molar-refractivity contribution < 1.29 is 37.3 Å². The third kappa shape index (κ3) is 58.4. The Balaban J connectivity index is 5.45. The zero-order valence-electron chi connectivity index (χ0n) is 51.1. The van der Waals surface area contributed by atoms with Gasteiger partial charge in [0.1, 0.15) is 19.3 Å². The maximum Gasteiger partial charge on any atom is 0.472 e. The van der Waals surface area contributed by atoms with Crippen LogP contribution in [0.4, 0.5) is 0 Å². The highest BCUT2D eigenvalue weighted by atomic mass is 31.2. The van der Waals surface area contributed by atoms with E-state index in [1.807, 2.05) is 33.3 Å². The van der Waals surface area contributed by atoms with Gasteiger partial charge in [-0.15, -0.1) is 0 Å². The minimum Gasteiger partial charge on any atom is -0.456 e. The molecule has 0 spiro atoms. The molecule has 0 aromatic rings. The first-order chi connectivity index (χ1) is 38.4. The molecule has 0 aromatic carbocycles. The minimum atomic E-state index is -4.48. The zero-order valence-corrected chi connectivity index (χ0v) is 51.9. The summed E-state index contributed by atoms with van der Waals surface area (Å²) in [6.07, 6.45) is 82.8. The van der Waals surface area contributed by atoms with Crippen molar-refractivity contribution in [3.8, 4) is 0 Å². The van der Waals surface area contributed by atoms with Crippen molar-refractivity contribution in [2.75, 3.05) is 40.9 Å². The Kier molecular flexibility index (Phi) is 54.2. The number of carbonyl (C=O) groups excluding carboxylic acids is 2. The third-order valence-corrected chi connectivity index (χ3v) is 13.8. The number of nitrogens with zero attached hydrogens (tertiary/aromatic N) is 1. The van der Waals surface area contributed by atoms with Crippen LogP contribution in [0, 0.1) is 0 Å². The Labute approximate surface area is 485 Å². The number of phosphoric acid groups is 1. The first kappa shape index (κ1) is 74.9. The quantitative estimate of drug-likeness (QED) is 0.0205. The molecule has 79 heavy (non-hydrogen) atoms. The number of phosphoric ester groups is 1. The van der Waals surface area contributed by atoms with Crippen LogP contribution in [0.5, 0.6) is 0 Å². The van der Waals surface area contributed by atoms with Crippen LogP contribution in [-0.4, -0.2) is 74.3 Å². The van der Waals surface area contributed by atoms with Gasteiger partial charge >= 0.3 is 13.8 Å². The van der Waals surface area contributed by atoms with E-state index in [0.29, 0.717) is 23.9 Å². The number of hydrogen-bond donors (Lipinski definition) is 2. The van der Waals surface area contributed by atoms with Crippen molar-refractivity contribution in [1.29, 1.82) is 0 Å². The van der Waals surface area contributed by atoms with Crippen molar-refractivity contribution >= 4 is 19.7 Å². The molecular formula is C69H116N2O7P+. The molecule has 0 fully saturated rings. The molecule has 3 unspecified atom stereocenters. The number of amides is 1. The number of unbranched alkanes of at least 4 members (excludes halogenated alkanes) is 16. The average Bonchev–Trinajstić information content (AvgIpc) is 3.41. The van der Waals surface area contributed by atoms with Crippen LogP contribution < -0.4 is 5.32 Å². The monoisotopic (exact) mass is 1120 g/mol.